The molecule has 0 radical (unpaired) electrons. The Morgan fingerprint density at radius 2 is 1.61 bits per heavy atom. The summed E-state index contributed by atoms with van der Waals surface area (Å²) >= 11 is 0. The summed E-state index contributed by atoms with van der Waals surface area (Å²) in [5.74, 6) is 1.55. The molecule has 0 saturated heterocycles. The Bertz CT molecular complexity index is 1620. The number of hydrogen-bond acceptors (Lipinski definition) is 5. The van der Waals surface area contributed by atoms with Gasteiger partial charge in [-0.3, -0.25) is 9.59 Å². The molecule has 0 aliphatic heterocycles. The Hall–Kier alpha value is -3.09. The van der Waals surface area contributed by atoms with E-state index in [2.05, 4.69) is 58.4 Å². The molecule has 7 nitrogen and oxygen atoms in total. The van der Waals surface area contributed by atoms with E-state index in [4.69, 9.17) is 0 Å². The Balaban J connectivity index is 1.23. The molecule has 46 heavy (non-hydrogen) atoms. The summed E-state index contributed by atoms with van der Waals surface area (Å²) in [6.45, 7) is 18.8. The lowest BCUT2D eigenvalue weighted by atomic mass is 9.32. The molecule has 246 valence electrons. The van der Waals surface area contributed by atoms with Gasteiger partial charge in [-0.1, -0.05) is 52.0 Å². The van der Waals surface area contributed by atoms with Gasteiger partial charge in [0.2, 0.25) is 0 Å². The van der Waals surface area contributed by atoms with E-state index in [0.717, 1.165) is 51.4 Å². The highest BCUT2D eigenvalue weighted by atomic mass is 16.4. The Morgan fingerprint density at radius 3 is 2.28 bits per heavy atom. The third kappa shape index (κ3) is 4.05. The van der Waals surface area contributed by atoms with Gasteiger partial charge < -0.3 is 5.11 Å². The highest BCUT2D eigenvalue weighted by Gasteiger charge is 2.72. The van der Waals surface area contributed by atoms with Crippen molar-refractivity contribution in [3.8, 4) is 5.69 Å². The SMILES string of the molecule is C=C(C)[C@@H]1CC[C@]2(C(=O)c3cn(-c4ccc(C(=O)O)cc4)nn3)CC[C@]3(C)[C@H](CC[C@@H]4[C@@]5(C)CCC(=O)C(C)(C)[C@@H]5CC[C@]43C)[C@@H]12. The van der Waals surface area contributed by atoms with Gasteiger partial charge in [-0.2, -0.15) is 0 Å². The second-order valence-corrected chi connectivity index (χ2v) is 17.2. The number of hydrogen-bond donors (Lipinski definition) is 1. The molecule has 0 amide bonds. The lowest BCUT2D eigenvalue weighted by Crippen LogP contribution is -2.66. The van der Waals surface area contributed by atoms with Crippen molar-refractivity contribution in [1.82, 2.24) is 15.0 Å². The Morgan fingerprint density at radius 1 is 0.891 bits per heavy atom. The van der Waals surface area contributed by atoms with Crippen molar-refractivity contribution in [1.29, 1.82) is 0 Å². The summed E-state index contributed by atoms with van der Waals surface area (Å²) in [7, 11) is 0. The molecular weight excluding hydrogens is 574 g/mol. The first-order chi connectivity index (χ1) is 21.6. The summed E-state index contributed by atoms with van der Waals surface area (Å²) in [5, 5.41) is 18.0. The molecule has 0 unspecified atom stereocenters. The van der Waals surface area contributed by atoms with Crippen molar-refractivity contribution in [2.24, 2.45) is 56.7 Å². The molecule has 5 aliphatic rings. The maximum Gasteiger partial charge on any atom is 0.335 e. The molecule has 5 saturated carbocycles. The van der Waals surface area contributed by atoms with Gasteiger partial charge in [0.1, 0.15) is 11.5 Å². The molecule has 1 aromatic carbocycles. The van der Waals surface area contributed by atoms with Gasteiger partial charge in [0.15, 0.2) is 5.78 Å². The Labute approximate surface area is 273 Å². The largest absolute Gasteiger partial charge is 0.478 e. The average molecular weight is 626 g/mol. The van der Waals surface area contributed by atoms with E-state index in [1.54, 1.807) is 35.1 Å². The molecular formula is C39H51N3O4. The van der Waals surface area contributed by atoms with Gasteiger partial charge in [0.25, 0.3) is 0 Å². The third-order valence-electron chi connectivity index (χ3n) is 15.4. The number of allylic oxidation sites excluding steroid dienone is 1. The van der Waals surface area contributed by atoms with E-state index in [1.165, 1.54) is 12.0 Å². The van der Waals surface area contributed by atoms with Crippen LogP contribution in [-0.2, 0) is 4.79 Å². The Kier molecular flexibility index (Phi) is 6.99. The van der Waals surface area contributed by atoms with Gasteiger partial charge in [-0.05, 0) is 135 Å². The van der Waals surface area contributed by atoms with Crippen molar-refractivity contribution < 1.29 is 19.5 Å². The summed E-state index contributed by atoms with van der Waals surface area (Å²) in [4.78, 5) is 39.3. The van der Waals surface area contributed by atoms with Crippen molar-refractivity contribution in [3.05, 3.63) is 53.9 Å². The minimum absolute atomic E-state index is 0.103. The van der Waals surface area contributed by atoms with E-state index in [1.807, 2.05) is 0 Å². The molecule has 9 atom stereocenters. The minimum Gasteiger partial charge on any atom is -0.478 e. The van der Waals surface area contributed by atoms with E-state index < -0.39 is 11.4 Å². The van der Waals surface area contributed by atoms with Gasteiger partial charge in [0.05, 0.1) is 17.4 Å². The number of fused-ring (bicyclic) bond motifs is 7. The van der Waals surface area contributed by atoms with Crippen LogP contribution in [0.5, 0.6) is 0 Å². The molecule has 5 fully saturated rings. The van der Waals surface area contributed by atoms with Crippen LogP contribution < -0.4 is 0 Å². The van der Waals surface area contributed by atoms with Crippen LogP contribution in [0.3, 0.4) is 0 Å². The van der Waals surface area contributed by atoms with E-state index in [0.29, 0.717) is 47.3 Å². The van der Waals surface area contributed by atoms with Crippen LogP contribution in [0.15, 0.2) is 42.6 Å². The molecule has 7 rings (SSSR count). The first-order valence-corrected chi connectivity index (χ1v) is 17.6. The maximum absolute atomic E-state index is 14.8. The predicted octanol–water partition coefficient (Wildman–Crippen LogP) is 8.37. The van der Waals surface area contributed by atoms with E-state index in [9.17, 15) is 19.5 Å². The zero-order chi connectivity index (χ0) is 33.0. The smallest absolute Gasteiger partial charge is 0.335 e. The third-order valence-corrected chi connectivity index (χ3v) is 15.4. The number of benzene rings is 1. The summed E-state index contributed by atoms with van der Waals surface area (Å²) in [6.07, 6.45) is 11.7. The second-order valence-electron chi connectivity index (χ2n) is 17.2. The van der Waals surface area contributed by atoms with Crippen molar-refractivity contribution >= 4 is 17.5 Å². The average Bonchev–Trinajstić information content (AvgIpc) is 3.66. The van der Waals surface area contributed by atoms with Crippen molar-refractivity contribution in [3.63, 3.8) is 0 Å². The quantitative estimate of drug-likeness (QED) is 0.265. The van der Waals surface area contributed by atoms with E-state index in [-0.39, 0.29) is 38.9 Å². The van der Waals surface area contributed by atoms with Gasteiger partial charge in [0, 0.05) is 17.3 Å². The molecule has 7 heteroatoms. The summed E-state index contributed by atoms with van der Waals surface area (Å²) < 4.78 is 1.59. The summed E-state index contributed by atoms with van der Waals surface area (Å²) in [5.41, 5.74) is 2.16. The second kappa shape index (κ2) is 10.2. The number of carbonyl (C=O) groups excluding carboxylic acids is 2. The number of carboxylic acids is 1. The number of carbonyl (C=O) groups is 3. The first-order valence-electron chi connectivity index (χ1n) is 17.6. The van der Waals surface area contributed by atoms with Crippen LogP contribution in [0, 0.1) is 56.7 Å². The number of ketones is 2. The zero-order valence-corrected chi connectivity index (χ0v) is 28.6. The van der Waals surface area contributed by atoms with E-state index >= 15 is 0 Å². The number of carboxylic acid groups (broad SMARTS) is 1. The molecule has 1 aromatic heterocycles. The highest BCUT2D eigenvalue weighted by Crippen LogP contribution is 2.77. The van der Waals surface area contributed by atoms with Crippen LogP contribution in [0.4, 0.5) is 0 Å². The van der Waals surface area contributed by atoms with Crippen LogP contribution in [0.2, 0.25) is 0 Å². The fourth-order valence-corrected chi connectivity index (χ4v) is 12.8. The lowest BCUT2D eigenvalue weighted by molar-refractivity contribution is -0.230. The number of rotatable bonds is 5. The topological polar surface area (TPSA) is 102 Å². The lowest BCUT2D eigenvalue weighted by Gasteiger charge is -2.72. The molecule has 0 bridgehead atoms. The fourth-order valence-electron chi connectivity index (χ4n) is 12.8. The monoisotopic (exact) mass is 625 g/mol. The van der Waals surface area contributed by atoms with Gasteiger partial charge in [-0.15, -0.1) is 5.10 Å². The van der Waals surface area contributed by atoms with Gasteiger partial charge in [-0.25, -0.2) is 9.48 Å². The van der Waals surface area contributed by atoms with Crippen LogP contribution in [-0.4, -0.2) is 37.6 Å². The molecule has 1 N–H and O–H groups in total. The fraction of sp³-hybridized carbons (Fsp3) is 0.667. The van der Waals surface area contributed by atoms with Crippen LogP contribution in [0.1, 0.15) is 127 Å². The van der Waals surface area contributed by atoms with Crippen LogP contribution >= 0.6 is 0 Å². The standard InChI is InChI=1S/C39H51N3O4/c1-23(2)26-14-19-39(33(44)28-22-42(41-40-28)25-10-8-24(9-11-25)34(45)46)21-20-37(6)27(32(26)39)12-13-30-36(5)17-16-31(43)35(3,4)29(36)15-18-38(30,37)7/h8-11,22,26-27,29-30,32H,1,12-21H2,2-7H3,(H,45,46)/t26-,27+,29-,30+,32+,36-,37+,38+,39-/m0/s1. The number of aromatic nitrogens is 3. The van der Waals surface area contributed by atoms with Crippen molar-refractivity contribution in [2.45, 2.75) is 106 Å². The van der Waals surface area contributed by atoms with Gasteiger partial charge >= 0.3 is 5.97 Å². The molecule has 2 aromatic rings. The number of Topliss-reactive ketones (excluding diaryl/α,β-unsaturated/α-hetero) is 2. The zero-order valence-electron chi connectivity index (χ0n) is 28.6. The number of nitrogens with zero attached hydrogens (tertiary/aromatic N) is 3. The highest BCUT2D eigenvalue weighted by molar-refractivity contribution is 5.99. The van der Waals surface area contributed by atoms with Crippen LogP contribution in [0.25, 0.3) is 5.69 Å². The van der Waals surface area contributed by atoms with Crippen molar-refractivity contribution in [2.75, 3.05) is 0 Å². The summed E-state index contributed by atoms with van der Waals surface area (Å²) in [6, 6.07) is 6.49. The number of aromatic carboxylic acids is 1. The molecule has 5 aliphatic carbocycles. The predicted molar refractivity (Wildman–Crippen MR) is 177 cm³/mol. The maximum atomic E-state index is 14.8. The molecule has 0 spiro atoms. The molecule has 1 heterocycles. The normalized spacial score (nSPS) is 41.1. The minimum atomic E-state index is -0.980. The first kappa shape index (κ1) is 31.5.